The first-order valence-electron chi connectivity index (χ1n) is 10.2. The molecule has 0 bridgehead atoms. The first kappa shape index (κ1) is 22.7. The Morgan fingerprint density at radius 2 is 1.90 bits per heavy atom. The number of hydrogen-bond donors (Lipinski definition) is 1. The molecule has 1 aliphatic rings. The van der Waals surface area contributed by atoms with Crippen LogP contribution in [0.15, 0.2) is 48.0 Å². The molecule has 0 radical (unpaired) electrons. The quantitative estimate of drug-likeness (QED) is 0.391. The molecule has 4 nitrogen and oxygen atoms in total. The van der Waals surface area contributed by atoms with E-state index in [0.717, 1.165) is 47.1 Å². The van der Waals surface area contributed by atoms with Crippen molar-refractivity contribution in [3.05, 3.63) is 69.8 Å². The van der Waals surface area contributed by atoms with Crippen LogP contribution in [0.5, 0.6) is 5.75 Å². The van der Waals surface area contributed by atoms with Crippen LogP contribution in [-0.4, -0.2) is 32.8 Å². The van der Waals surface area contributed by atoms with Gasteiger partial charge < -0.3 is 14.8 Å². The summed E-state index contributed by atoms with van der Waals surface area (Å²) < 4.78 is 10.6. The second-order valence-corrected chi connectivity index (χ2v) is 8.13. The van der Waals surface area contributed by atoms with Gasteiger partial charge in [0.25, 0.3) is 0 Å². The van der Waals surface area contributed by atoms with Gasteiger partial charge in [-0.1, -0.05) is 35.3 Å². The normalized spacial score (nSPS) is 13.2. The second kappa shape index (κ2) is 11.4. The number of carbonyl (C=O) groups is 1. The third-order valence-corrected chi connectivity index (χ3v) is 5.91. The van der Waals surface area contributed by atoms with Crippen LogP contribution in [0.3, 0.4) is 0 Å². The van der Waals surface area contributed by atoms with Crippen LogP contribution < -0.4 is 10.1 Å². The Bertz CT molecular complexity index is 894. The largest absolute Gasteiger partial charge is 0.494 e. The van der Waals surface area contributed by atoms with Gasteiger partial charge in [-0.05, 0) is 78.3 Å². The molecule has 30 heavy (non-hydrogen) atoms. The Morgan fingerprint density at radius 1 is 1.10 bits per heavy atom. The fraction of sp³-hybridized carbons (Fsp3) is 0.375. The molecule has 1 aliphatic carbocycles. The van der Waals surface area contributed by atoms with E-state index in [2.05, 4.69) is 28.3 Å². The Labute approximate surface area is 188 Å². The summed E-state index contributed by atoms with van der Waals surface area (Å²) in [7, 11) is 1.40. The first-order valence-corrected chi connectivity index (χ1v) is 11.0. The molecule has 0 atom stereocenters. The zero-order chi connectivity index (χ0) is 21.3. The SMILES string of the molecule is COC(=O)CCNCC1=C(Cl)c2ccc(OCCCc3ccc(Cl)cc3)cc2CC1. The van der Waals surface area contributed by atoms with E-state index in [1.54, 1.807) is 0 Å². The number of ether oxygens (including phenoxy) is 2. The summed E-state index contributed by atoms with van der Waals surface area (Å²) in [5.41, 5.74) is 4.72. The monoisotopic (exact) mass is 447 g/mol. The highest BCUT2D eigenvalue weighted by molar-refractivity contribution is 6.49. The number of fused-ring (bicyclic) bond motifs is 1. The summed E-state index contributed by atoms with van der Waals surface area (Å²) in [6.45, 7) is 1.93. The molecule has 1 N–H and O–H groups in total. The average molecular weight is 448 g/mol. The molecule has 2 aromatic rings. The van der Waals surface area contributed by atoms with E-state index in [9.17, 15) is 4.79 Å². The van der Waals surface area contributed by atoms with E-state index in [1.165, 1.54) is 23.8 Å². The van der Waals surface area contributed by atoms with Crippen molar-refractivity contribution in [3.63, 3.8) is 0 Å². The fourth-order valence-electron chi connectivity index (χ4n) is 3.48. The molecule has 0 aromatic heterocycles. The lowest BCUT2D eigenvalue weighted by Crippen LogP contribution is -2.22. The van der Waals surface area contributed by atoms with Gasteiger partial charge in [0, 0.05) is 23.1 Å². The predicted molar refractivity (Wildman–Crippen MR) is 122 cm³/mol. The van der Waals surface area contributed by atoms with Crippen molar-refractivity contribution in [2.24, 2.45) is 0 Å². The van der Waals surface area contributed by atoms with Crippen molar-refractivity contribution >= 4 is 34.2 Å². The maximum atomic E-state index is 11.2. The number of aryl methyl sites for hydroxylation is 2. The molecule has 0 spiro atoms. The molecular weight excluding hydrogens is 421 g/mol. The van der Waals surface area contributed by atoms with Crippen molar-refractivity contribution in [1.82, 2.24) is 5.32 Å². The number of halogens is 2. The van der Waals surface area contributed by atoms with Gasteiger partial charge in [0.15, 0.2) is 0 Å². The molecule has 0 amide bonds. The Kier molecular flexibility index (Phi) is 8.61. The van der Waals surface area contributed by atoms with Crippen molar-refractivity contribution in [2.75, 3.05) is 26.8 Å². The molecule has 3 rings (SSSR count). The van der Waals surface area contributed by atoms with Crippen LogP contribution >= 0.6 is 23.2 Å². The number of rotatable bonds is 10. The smallest absolute Gasteiger partial charge is 0.306 e. The van der Waals surface area contributed by atoms with E-state index < -0.39 is 0 Å². The van der Waals surface area contributed by atoms with E-state index >= 15 is 0 Å². The lowest BCUT2D eigenvalue weighted by Gasteiger charge is -2.21. The van der Waals surface area contributed by atoms with Gasteiger partial charge in [-0.2, -0.15) is 0 Å². The molecule has 160 valence electrons. The first-order chi connectivity index (χ1) is 14.6. The maximum absolute atomic E-state index is 11.2. The van der Waals surface area contributed by atoms with Crippen LogP contribution in [0, 0.1) is 0 Å². The van der Waals surface area contributed by atoms with Crippen molar-refractivity contribution in [2.45, 2.75) is 32.1 Å². The summed E-state index contributed by atoms with van der Waals surface area (Å²) in [6.07, 6.45) is 4.10. The van der Waals surface area contributed by atoms with E-state index in [1.807, 2.05) is 24.3 Å². The van der Waals surface area contributed by atoms with E-state index in [4.69, 9.17) is 27.9 Å². The Hall–Kier alpha value is -2.01. The van der Waals surface area contributed by atoms with Crippen LogP contribution in [-0.2, 0) is 22.4 Å². The number of nitrogens with one attached hydrogen (secondary N) is 1. The van der Waals surface area contributed by atoms with Gasteiger partial charge in [-0.3, -0.25) is 4.79 Å². The average Bonchev–Trinajstić information content (AvgIpc) is 2.76. The van der Waals surface area contributed by atoms with Crippen molar-refractivity contribution < 1.29 is 14.3 Å². The maximum Gasteiger partial charge on any atom is 0.306 e. The minimum atomic E-state index is -0.211. The fourth-order valence-corrected chi connectivity index (χ4v) is 3.95. The molecule has 0 fully saturated rings. The number of hydrogen-bond acceptors (Lipinski definition) is 4. The van der Waals surface area contributed by atoms with E-state index in [-0.39, 0.29) is 5.97 Å². The molecule has 0 saturated carbocycles. The number of benzene rings is 2. The molecular formula is C24H27Cl2NO3. The number of esters is 1. The van der Waals surface area contributed by atoms with E-state index in [0.29, 0.717) is 26.1 Å². The van der Waals surface area contributed by atoms with Gasteiger partial charge in [0.1, 0.15) is 5.75 Å². The van der Waals surface area contributed by atoms with Gasteiger partial charge in [-0.25, -0.2) is 0 Å². The number of methoxy groups -OCH3 is 1. The lowest BCUT2D eigenvalue weighted by atomic mass is 9.91. The molecule has 6 heteroatoms. The Morgan fingerprint density at radius 3 is 2.67 bits per heavy atom. The number of carbonyl (C=O) groups excluding carboxylic acids is 1. The minimum Gasteiger partial charge on any atom is -0.494 e. The standard InChI is InChI=1S/C24H27Cl2NO3/c1-29-23(28)12-13-27-16-19-7-6-18-15-21(10-11-22(18)24(19)26)30-14-2-3-17-4-8-20(25)9-5-17/h4-5,8-11,15,27H,2-3,6-7,12-14,16H2,1H3. The van der Waals surface area contributed by atoms with Crippen LogP contribution in [0.2, 0.25) is 5.02 Å². The summed E-state index contributed by atoms with van der Waals surface area (Å²) >= 11 is 12.6. The molecule has 2 aromatic carbocycles. The van der Waals surface area contributed by atoms with Gasteiger partial charge in [0.2, 0.25) is 0 Å². The highest BCUT2D eigenvalue weighted by Gasteiger charge is 2.18. The Balaban J connectivity index is 1.49. The highest BCUT2D eigenvalue weighted by atomic mass is 35.5. The van der Waals surface area contributed by atoms with Crippen LogP contribution in [0.1, 0.15) is 36.0 Å². The predicted octanol–water partition coefficient (Wildman–Crippen LogP) is 5.40. The molecule has 0 saturated heterocycles. The third kappa shape index (κ3) is 6.49. The summed E-state index contributed by atoms with van der Waals surface area (Å²) in [5, 5.41) is 4.83. The summed E-state index contributed by atoms with van der Waals surface area (Å²) in [5.74, 6) is 0.672. The van der Waals surface area contributed by atoms with Crippen molar-refractivity contribution in [3.8, 4) is 5.75 Å². The topological polar surface area (TPSA) is 47.6 Å². The summed E-state index contributed by atoms with van der Waals surface area (Å²) in [6, 6.07) is 14.1. The molecule has 0 heterocycles. The highest BCUT2D eigenvalue weighted by Crippen LogP contribution is 2.35. The summed E-state index contributed by atoms with van der Waals surface area (Å²) in [4.78, 5) is 11.2. The van der Waals surface area contributed by atoms with Crippen LogP contribution in [0.4, 0.5) is 0 Å². The van der Waals surface area contributed by atoms with Gasteiger partial charge in [-0.15, -0.1) is 0 Å². The minimum absolute atomic E-state index is 0.211. The molecule has 0 unspecified atom stereocenters. The second-order valence-electron chi connectivity index (χ2n) is 7.32. The van der Waals surface area contributed by atoms with Gasteiger partial charge in [0.05, 0.1) is 20.1 Å². The third-order valence-electron chi connectivity index (χ3n) is 5.18. The van der Waals surface area contributed by atoms with Gasteiger partial charge >= 0.3 is 5.97 Å². The van der Waals surface area contributed by atoms with Crippen molar-refractivity contribution in [1.29, 1.82) is 0 Å². The van der Waals surface area contributed by atoms with Crippen LogP contribution in [0.25, 0.3) is 5.03 Å². The zero-order valence-corrected chi connectivity index (χ0v) is 18.7. The zero-order valence-electron chi connectivity index (χ0n) is 17.2. The lowest BCUT2D eigenvalue weighted by molar-refractivity contribution is -0.140. The molecule has 0 aliphatic heterocycles.